The van der Waals surface area contributed by atoms with E-state index in [4.69, 9.17) is 0 Å². The first kappa shape index (κ1) is 15.9. The monoisotopic (exact) mass is 564 g/mol. The van der Waals surface area contributed by atoms with E-state index in [-0.39, 0.29) is 10.0 Å². The van der Waals surface area contributed by atoms with E-state index in [2.05, 4.69) is 70.4 Å². The van der Waals surface area contributed by atoms with E-state index in [1.807, 2.05) is 18.2 Å². The number of hydrogen-bond donors (Lipinski definition) is 0. The summed E-state index contributed by atoms with van der Waals surface area (Å²) in [6.07, 6.45) is 0. The predicted octanol–water partition coefficient (Wildman–Crippen LogP) is 6.58. The summed E-state index contributed by atoms with van der Waals surface area (Å²) in [6, 6.07) is 8.06. The van der Waals surface area contributed by atoms with Crippen molar-refractivity contribution in [2.45, 2.75) is 4.83 Å². The molecule has 2 aromatic rings. The maximum Gasteiger partial charge on any atom is 0.137 e. The number of benzene rings is 2. The number of rotatable bonds is 2. The molecule has 0 aliphatic rings. The highest BCUT2D eigenvalue weighted by Gasteiger charge is 2.19. The van der Waals surface area contributed by atoms with Crippen molar-refractivity contribution in [1.82, 2.24) is 0 Å². The predicted molar refractivity (Wildman–Crippen MR) is 91.7 cm³/mol. The van der Waals surface area contributed by atoms with Crippen LogP contribution in [0.15, 0.2) is 39.3 Å². The van der Waals surface area contributed by atoms with Crippen LogP contribution < -0.4 is 0 Å². The molecular weight excluding hydrogens is 561 g/mol. The van der Waals surface area contributed by atoms with Gasteiger partial charge in [-0.1, -0.05) is 31.9 Å². The normalized spacial score (nSPS) is 12.5. The molecule has 0 bridgehead atoms. The highest BCUT2D eigenvalue weighted by molar-refractivity contribution is 14.1. The SMILES string of the molecule is Fc1cc(C(Br)c2cc(Br)ccc2I)c(F)cc1Br. The number of hydrogen-bond acceptors (Lipinski definition) is 0. The summed E-state index contributed by atoms with van der Waals surface area (Å²) in [5, 5.41) is 0. The van der Waals surface area contributed by atoms with Crippen LogP contribution >= 0.6 is 70.4 Å². The van der Waals surface area contributed by atoms with E-state index < -0.39 is 16.5 Å². The quantitative estimate of drug-likeness (QED) is 0.219. The van der Waals surface area contributed by atoms with Gasteiger partial charge in [0.15, 0.2) is 0 Å². The maximum absolute atomic E-state index is 14.0. The molecule has 0 aliphatic carbocycles. The zero-order chi connectivity index (χ0) is 14.2. The molecule has 19 heavy (non-hydrogen) atoms. The molecule has 0 spiro atoms. The van der Waals surface area contributed by atoms with Crippen LogP contribution in [0.25, 0.3) is 0 Å². The molecule has 0 fully saturated rings. The van der Waals surface area contributed by atoms with Crippen molar-refractivity contribution in [3.8, 4) is 0 Å². The van der Waals surface area contributed by atoms with Gasteiger partial charge in [0.2, 0.25) is 0 Å². The number of alkyl halides is 1. The molecular formula is C13H6Br3F2I. The smallest absolute Gasteiger partial charge is 0.137 e. The van der Waals surface area contributed by atoms with Gasteiger partial charge in [-0.3, -0.25) is 0 Å². The lowest BCUT2D eigenvalue weighted by atomic mass is 10.0. The fourth-order valence-corrected chi connectivity index (χ4v) is 4.11. The lowest BCUT2D eigenvalue weighted by Gasteiger charge is -2.14. The van der Waals surface area contributed by atoms with Crippen LogP contribution in [0, 0.1) is 15.2 Å². The lowest BCUT2D eigenvalue weighted by molar-refractivity contribution is 0.583. The third-order valence-electron chi connectivity index (χ3n) is 2.54. The highest BCUT2D eigenvalue weighted by atomic mass is 127. The summed E-state index contributed by atoms with van der Waals surface area (Å²) in [5.41, 5.74) is 1.16. The Kier molecular flexibility index (Phi) is 5.42. The summed E-state index contributed by atoms with van der Waals surface area (Å²) < 4.78 is 29.5. The molecule has 1 unspecified atom stereocenters. The molecule has 6 heteroatoms. The van der Waals surface area contributed by atoms with Crippen molar-refractivity contribution in [3.63, 3.8) is 0 Å². The van der Waals surface area contributed by atoms with E-state index in [1.54, 1.807) is 0 Å². The first-order valence-corrected chi connectivity index (χ1v) is 8.71. The molecule has 0 amide bonds. The second-order valence-electron chi connectivity index (χ2n) is 3.82. The Morgan fingerprint density at radius 1 is 0.947 bits per heavy atom. The molecule has 2 rings (SSSR count). The largest absolute Gasteiger partial charge is 0.207 e. The molecule has 0 nitrogen and oxygen atoms in total. The Hall–Kier alpha value is 0.470. The molecule has 0 aliphatic heterocycles. The van der Waals surface area contributed by atoms with Crippen LogP contribution in [0.5, 0.6) is 0 Å². The fourth-order valence-electron chi connectivity index (χ4n) is 1.61. The van der Waals surface area contributed by atoms with Gasteiger partial charge in [0, 0.05) is 13.6 Å². The minimum atomic E-state index is -0.481. The van der Waals surface area contributed by atoms with Crippen molar-refractivity contribution in [3.05, 3.63) is 65.6 Å². The van der Waals surface area contributed by atoms with E-state index in [9.17, 15) is 8.78 Å². The Bertz CT molecular complexity index is 632. The Morgan fingerprint density at radius 3 is 2.32 bits per heavy atom. The van der Waals surface area contributed by atoms with Crippen molar-refractivity contribution in [1.29, 1.82) is 0 Å². The van der Waals surface area contributed by atoms with Gasteiger partial charge in [0.25, 0.3) is 0 Å². The molecule has 0 N–H and O–H groups in total. The van der Waals surface area contributed by atoms with Crippen LogP contribution in [0.1, 0.15) is 16.0 Å². The lowest BCUT2D eigenvalue weighted by Crippen LogP contribution is -2.00. The second-order valence-corrected chi connectivity index (χ2v) is 7.66. The van der Waals surface area contributed by atoms with Gasteiger partial charge in [-0.25, -0.2) is 8.78 Å². The second kappa shape index (κ2) is 6.49. The fraction of sp³-hybridized carbons (Fsp3) is 0.0769. The molecule has 0 heterocycles. The van der Waals surface area contributed by atoms with Gasteiger partial charge in [-0.05, 0) is 74.4 Å². The molecule has 0 saturated carbocycles. The summed E-state index contributed by atoms with van der Waals surface area (Å²) in [5.74, 6) is -0.934. The Balaban J connectivity index is 2.52. The van der Waals surface area contributed by atoms with Crippen molar-refractivity contribution < 1.29 is 8.78 Å². The molecule has 2 aromatic carbocycles. The summed E-state index contributed by atoms with van der Waals surface area (Å²) in [6.45, 7) is 0. The van der Waals surface area contributed by atoms with Crippen molar-refractivity contribution in [2.75, 3.05) is 0 Å². The molecule has 1 atom stereocenters. The molecule has 0 saturated heterocycles. The van der Waals surface area contributed by atoms with E-state index in [0.717, 1.165) is 19.7 Å². The topological polar surface area (TPSA) is 0 Å². The highest BCUT2D eigenvalue weighted by Crippen LogP contribution is 2.37. The summed E-state index contributed by atoms with van der Waals surface area (Å²) in [4.78, 5) is -0.403. The van der Waals surface area contributed by atoms with Crippen molar-refractivity contribution >= 4 is 70.4 Å². The van der Waals surface area contributed by atoms with Gasteiger partial charge in [-0.2, -0.15) is 0 Å². The third kappa shape index (κ3) is 3.57. The third-order valence-corrected chi connectivity index (χ3v) is 5.61. The zero-order valence-corrected chi connectivity index (χ0v) is 16.1. The van der Waals surface area contributed by atoms with Crippen molar-refractivity contribution in [2.24, 2.45) is 0 Å². The van der Waals surface area contributed by atoms with Gasteiger partial charge in [-0.15, -0.1) is 0 Å². The standard InChI is InChI=1S/C13H6Br3F2I/c14-6-1-2-12(19)8(3-6)13(16)7-4-11(18)9(15)5-10(7)17/h1-5,13H. The summed E-state index contributed by atoms with van der Waals surface area (Å²) in [7, 11) is 0. The van der Waals surface area contributed by atoms with Crippen LogP contribution in [0.4, 0.5) is 8.78 Å². The maximum atomic E-state index is 14.0. The molecule has 0 radical (unpaired) electrons. The average Bonchev–Trinajstić information content (AvgIpc) is 2.36. The Labute approximate surface area is 148 Å². The zero-order valence-electron chi connectivity index (χ0n) is 9.23. The van der Waals surface area contributed by atoms with E-state index in [0.29, 0.717) is 0 Å². The molecule has 0 aromatic heterocycles. The van der Waals surface area contributed by atoms with Crippen LogP contribution in [-0.2, 0) is 0 Å². The van der Waals surface area contributed by atoms with E-state index in [1.165, 1.54) is 6.07 Å². The first-order chi connectivity index (χ1) is 8.90. The van der Waals surface area contributed by atoms with Gasteiger partial charge in [0.1, 0.15) is 11.6 Å². The number of halogens is 6. The van der Waals surface area contributed by atoms with Gasteiger partial charge >= 0.3 is 0 Å². The van der Waals surface area contributed by atoms with Crippen LogP contribution in [-0.4, -0.2) is 0 Å². The summed E-state index contributed by atoms with van der Waals surface area (Å²) >= 11 is 12.0. The van der Waals surface area contributed by atoms with Gasteiger partial charge in [0.05, 0.1) is 9.30 Å². The minimum Gasteiger partial charge on any atom is -0.207 e. The van der Waals surface area contributed by atoms with Gasteiger partial charge < -0.3 is 0 Å². The van der Waals surface area contributed by atoms with Crippen LogP contribution in [0.2, 0.25) is 0 Å². The first-order valence-electron chi connectivity index (χ1n) is 5.13. The average molecular weight is 567 g/mol. The Morgan fingerprint density at radius 2 is 1.63 bits per heavy atom. The van der Waals surface area contributed by atoms with Crippen LogP contribution in [0.3, 0.4) is 0 Å². The molecule has 100 valence electrons. The minimum absolute atomic E-state index is 0.123. The van der Waals surface area contributed by atoms with E-state index >= 15 is 0 Å².